The number of nitrogens with one attached hydrogen (secondary N) is 1. The van der Waals surface area contributed by atoms with Crippen molar-refractivity contribution in [2.75, 3.05) is 11.0 Å². The second-order valence-electron chi connectivity index (χ2n) is 3.52. The number of amidine groups is 1. The highest BCUT2D eigenvalue weighted by Crippen LogP contribution is 2.39. The molecule has 2 rings (SSSR count). The predicted molar refractivity (Wildman–Crippen MR) is 74.0 cm³/mol. The summed E-state index contributed by atoms with van der Waals surface area (Å²) in [6.07, 6.45) is 0. The van der Waals surface area contributed by atoms with E-state index >= 15 is 0 Å². The van der Waals surface area contributed by atoms with Gasteiger partial charge in [-0.3, -0.25) is 4.79 Å². The molecule has 1 N–H and O–H groups in total. The molecule has 0 aromatic rings. The number of nitrogens with zero attached hydrogens (tertiary/aromatic N) is 1. The van der Waals surface area contributed by atoms with Crippen LogP contribution in [0.3, 0.4) is 0 Å². The SMILES string of the molecule is CCOC(=O)C1=NC2SC=C(CI)C2C(=O)N1. The second-order valence-corrected chi connectivity index (χ2v) is 5.27. The van der Waals surface area contributed by atoms with E-state index in [1.165, 1.54) is 11.8 Å². The van der Waals surface area contributed by atoms with E-state index in [1.807, 2.05) is 5.41 Å². The van der Waals surface area contributed by atoms with E-state index < -0.39 is 5.97 Å². The number of esters is 1. The summed E-state index contributed by atoms with van der Waals surface area (Å²) in [5, 5.41) is 4.26. The Kier molecular flexibility index (Phi) is 4.08. The number of hydrogen-bond acceptors (Lipinski definition) is 5. The lowest BCUT2D eigenvalue weighted by atomic mass is 10.00. The maximum absolute atomic E-state index is 11.9. The van der Waals surface area contributed by atoms with Crippen LogP contribution in [-0.4, -0.2) is 34.1 Å². The van der Waals surface area contributed by atoms with Crippen molar-refractivity contribution in [2.24, 2.45) is 10.9 Å². The zero-order valence-corrected chi connectivity index (χ0v) is 12.1. The third-order valence-corrected chi connectivity index (χ3v) is 4.42. The van der Waals surface area contributed by atoms with Crippen molar-refractivity contribution < 1.29 is 14.3 Å². The fourth-order valence-corrected chi connectivity index (χ4v) is 3.83. The largest absolute Gasteiger partial charge is 0.460 e. The number of fused-ring (bicyclic) bond motifs is 1. The molecule has 0 aromatic heterocycles. The maximum Gasteiger partial charge on any atom is 0.374 e. The van der Waals surface area contributed by atoms with Gasteiger partial charge in [-0.2, -0.15) is 0 Å². The summed E-state index contributed by atoms with van der Waals surface area (Å²) in [7, 11) is 0. The molecule has 17 heavy (non-hydrogen) atoms. The van der Waals surface area contributed by atoms with Gasteiger partial charge in [0.25, 0.3) is 0 Å². The first-order chi connectivity index (χ1) is 8.17. The normalized spacial score (nSPS) is 26.8. The van der Waals surface area contributed by atoms with Crippen LogP contribution in [0.2, 0.25) is 0 Å². The minimum Gasteiger partial charge on any atom is -0.460 e. The molecule has 5 nitrogen and oxygen atoms in total. The number of rotatable bonds is 3. The number of hydrogen-bond donors (Lipinski definition) is 1. The van der Waals surface area contributed by atoms with Crippen LogP contribution < -0.4 is 5.32 Å². The lowest BCUT2D eigenvalue weighted by Gasteiger charge is -2.23. The summed E-state index contributed by atoms with van der Waals surface area (Å²) in [6.45, 7) is 1.98. The lowest BCUT2D eigenvalue weighted by molar-refractivity contribution is -0.136. The highest BCUT2D eigenvalue weighted by atomic mass is 127. The summed E-state index contributed by atoms with van der Waals surface area (Å²) in [5.41, 5.74) is 1.06. The molecule has 2 atom stereocenters. The number of carbonyl (C=O) groups excluding carboxylic acids is 2. The number of thioether (sulfide) groups is 1. The molecular weight excluding hydrogens is 355 g/mol. The van der Waals surface area contributed by atoms with Gasteiger partial charge >= 0.3 is 5.97 Å². The molecule has 0 radical (unpaired) electrons. The molecule has 0 saturated carbocycles. The van der Waals surface area contributed by atoms with E-state index in [-0.39, 0.29) is 29.6 Å². The summed E-state index contributed by atoms with van der Waals surface area (Å²) in [5.74, 6) is -0.951. The molecule has 2 unspecified atom stereocenters. The molecule has 0 spiro atoms. The monoisotopic (exact) mass is 366 g/mol. The third-order valence-electron chi connectivity index (χ3n) is 2.45. The van der Waals surface area contributed by atoms with Gasteiger partial charge < -0.3 is 10.1 Å². The zero-order valence-electron chi connectivity index (χ0n) is 9.10. The van der Waals surface area contributed by atoms with Crippen LogP contribution in [0, 0.1) is 5.92 Å². The van der Waals surface area contributed by atoms with Crippen LogP contribution >= 0.6 is 34.4 Å². The van der Waals surface area contributed by atoms with Gasteiger partial charge in [-0.25, -0.2) is 9.79 Å². The molecule has 0 bridgehead atoms. The van der Waals surface area contributed by atoms with E-state index in [0.717, 1.165) is 10.0 Å². The van der Waals surface area contributed by atoms with Crippen molar-refractivity contribution in [3.05, 3.63) is 11.0 Å². The van der Waals surface area contributed by atoms with Gasteiger partial charge in [-0.05, 0) is 17.9 Å². The number of aliphatic imine (C=N–C) groups is 1. The third kappa shape index (κ3) is 2.49. The Morgan fingerprint density at radius 2 is 2.47 bits per heavy atom. The standard InChI is InChI=1S/C10H11IN2O3S/c1-2-16-10(15)7-12-8(14)6-5(3-11)4-17-9(6)13-7/h4,6,9H,2-3H2,1H3,(H,12,13,14). The quantitative estimate of drug-likeness (QED) is 0.461. The summed E-state index contributed by atoms with van der Waals surface area (Å²) in [6, 6.07) is 0. The number of carbonyl (C=O) groups is 2. The number of amides is 1. The van der Waals surface area contributed by atoms with Gasteiger partial charge in [0.05, 0.1) is 12.5 Å². The Hall–Kier alpha value is -0.570. The van der Waals surface area contributed by atoms with Crippen molar-refractivity contribution in [1.29, 1.82) is 0 Å². The topological polar surface area (TPSA) is 67.8 Å². The molecule has 2 aliphatic rings. The zero-order chi connectivity index (χ0) is 12.4. The van der Waals surface area contributed by atoms with Crippen LogP contribution in [0.5, 0.6) is 0 Å². The van der Waals surface area contributed by atoms with Gasteiger partial charge in [0.15, 0.2) is 0 Å². The number of alkyl halides is 1. The van der Waals surface area contributed by atoms with Crippen molar-refractivity contribution in [2.45, 2.75) is 12.3 Å². The van der Waals surface area contributed by atoms with E-state index in [4.69, 9.17) is 4.74 Å². The second kappa shape index (κ2) is 5.38. The summed E-state index contributed by atoms with van der Waals surface area (Å²) in [4.78, 5) is 27.6. The average molecular weight is 366 g/mol. The highest BCUT2D eigenvalue weighted by molar-refractivity contribution is 14.1. The van der Waals surface area contributed by atoms with Gasteiger partial charge in [0.1, 0.15) is 5.37 Å². The molecule has 1 amide bonds. The smallest absolute Gasteiger partial charge is 0.374 e. The van der Waals surface area contributed by atoms with Crippen LogP contribution in [-0.2, 0) is 14.3 Å². The minimum atomic E-state index is -0.567. The van der Waals surface area contributed by atoms with Crippen LogP contribution in [0.4, 0.5) is 0 Å². The molecule has 7 heteroatoms. The first-order valence-corrected chi connectivity index (χ1v) is 7.60. The van der Waals surface area contributed by atoms with Crippen LogP contribution in [0.15, 0.2) is 16.0 Å². The Morgan fingerprint density at radius 1 is 1.71 bits per heavy atom. The van der Waals surface area contributed by atoms with Gasteiger partial charge in [0, 0.05) is 4.43 Å². The molecule has 0 aliphatic carbocycles. The Balaban J connectivity index is 2.17. The molecule has 2 heterocycles. The van der Waals surface area contributed by atoms with Gasteiger partial charge in [-0.1, -0.05) is 22.6 Å². The highest BCUT2D eigenvalue weighted by Gasteiger charge is 2.40. The van der Waals surface area contributed by atoms with E-state index in [2.05, 4.69) is 32.9 Å². The van der Waals surface area contributed by atoms with Gasteiger partial charge in [-0.15, -0.1) is 11.8 Å². The van der Waals surface area contributed by atoms with Gasteiger partial charge in [0.2, 0.25) is 11.7 Å². The molecule has 0 fully saturated rings. The van der Waals surface area contributed by atoms with Crippen molar-refractivity contribution in [3.8, 4) is 0 Å². The summed E-state index contributed by atoms with van der Waals surface area (Å²) < 4.78 is 5.61. The van der Waals surface area contributed by atoms with E-state index in [9.17, 15) is 9.59 Å². The minimum absolute atomic E-state index is 0.0220. The first-order valence-electron chi connectivity index (χ1n) is 5.13. The Labute approximate surface area is 117 Å². The van der Waals surface area contributed by atoms with E-state index in [0.29, 0.717) is 0 Å². The molecule has 0 aromatic carbocycles. The number of ether oxygens (including phenoxy) is 1. The van der Waals surface area contributed by atoms with E-state index in [1.54, 1.807) is 6.92 Å². The summed E-state index contributed by atoms with van der Waals surface area (Å²) >= 11 is 3.70. The van der Waals surface area contributed by atoms with Crippen LogP contribution in [0.25, 0.3) is 0 Å². The fourth-order valence-electron chi connectivity index (χ4n) is 1.67. The molecule has 92 valence electrons. The molecule has 2 aliphatic heterocycles. The first kappa shape index (κ1) is 12.9. The Morgan fingerprint density at radius 3 is 3.12 bits per heavy atom. The van der Waals surface area contributed by atoms with Crippen molar-refractivity contribution >= 4 is 52.1 Å². The fraction of sp³-hybridized carbons (Fsp3) is 0.500. The average Bonchev–Trinajstić information content (AvgIpc) is 2.72. The molecule has 0 saturated heterocycles. The maximum atomic E-state index is 11.9. The number of halogens is 1. The van der Waals surface area contributed by atoms with Crippen molar-refractivity contribution in [3.63, 3.8) is 0 Å². The van der Waals surface area contributed by atoms with Crippen molar-refractivity contribution in [1.82, 2.24) is 5.32 Å². The lowest BCUT2D eigenvalue weighted by Crippen LogP contribution is -2.48. The molecular formula is C10H11IN2O3S. The predicted octanol–water partition coefficient (Wildman–Crippen LogP) is 1.09. The van der Waals surface area contributed by atoms with Crippen LogP contribution in [0.1, 0.15) is 6.92 Å². The Bertz CT molecular complexity index is 422.